The Hall–Kier alpha value is -0.160. The van der Waals surface area contributed by atoms with E-state index in [1.165, 1.54) is 51.9 Å². The molecule has 2 N–H and O–H groups in total. The summed E-state index contributed by atoms with van der Waals surface area (Å²) in [4.78, 5) is 5.27. The molecule has 4 nitrogen and oxygen atoms in total. The Labute approximate surface area is 131 Å². The van der Waals surface area contributed by atoms with Crippen LogP contribution in [0.4, 0.5) is 0 Å². The third-order valence-electron chi connectivity index (χ3n) is 5.13. The molecule has 0 amide bonds. The maximum Gasteiger partial charge on any atom is 0.0710 e. The highest BCUT2D eigenvalue weighted by atomic mass is 16.5. The minimum atomic E-state index is 0.0942. The fourth-order valence-corrected chi connectivity index (χ4v) is 3.87. The minimum absolute atomic E-state index is 0.0942. The van der Waals surface area contributed by atoms with E-state index < -0.39 is 0 Å². The van der Waals surface area contributed by atoms with Gasteiger partial charge in [0.1, 0.15) is 0 Å². The average Bonchev–Trinajstić information content (AvgIpc) is 2.64. The highest BCUT2D eigenvalue weighted by Gasteiger charge is 2.33. The van der Waals surface area contributed by atoms with E-state index in [0.717, 1.165) is 19.5 Å². The maximum atomic E-state index is 6.15. The number of rotatable bonds is 6. The zero-order valence-corrected chi connectivity index (χ0v) is 14.3. The van der Waals surface area contributed by atoms with E-state index in [2.05, 4.69) is 30.6 Å². The Kier molecular flexibility index (Phi) is 6.48. The fourth-order valence-electron chi connectivity index (χ4n) is 3.87. The summed E-state index contributed by atoms with van der Waals surface area (Å²) in [6.07, 6.45) is 6.49. The molecular formula is C17H35N3O. The number of ether oxygens (including phenoxy) is 1. The monoisotopic (exact) mass is 297 g/mol. The number of nitrogens with zero attached hydrogens (tertiary/aromatic N) is 2. The van der Waals surface area contributed by atoms with Gasteiger partial charge in [-0.1, -0.05) is 6.92 Å². The number of hydrogen-bond donors (Lipinski definition) is 1. The lowest BCUT2D eigenvalue weighted by molar-refractivity contribution is -0.0282. The van der Waals surface area contributed by atoms with Gasteiger partial charge in [0.05, 0.1) is 11.7 Å². The average molecular weight is 297 g/mol. The summed E-state index contributed by atoms with van der Waals surface area (Å²) < 4.78 is 6.15. The van der Waals surface area contributed by atoms with Gasteiger partial charge in [-0.3, -0.25) is 9.80 Å². The van der Waals surface area contributed by atoms with Crippen molar-refractivity contribution in [2.24, 2.45) is 5.73 Å². The maximum absolute atomic E-state index is 6.15. The van der Waals surface area contributed by atoms with Crippen molar-refractivity contribution < 1.29 is 4.74 Å². The van der Waals surface area contributed by atoms with Crippen LogP contribution in [0.1, 0.15) is 52.9 Å². The summed E-state index contributed by atoms with van der Waals surface area (Å²) in [5.74, 6) is 0. The molecule has 0 radical (unpaired) electrons. The molecule has 4 heteroatoms. The molecule has 2 heterocycles. The van der Waals surface area contributed by atoms with Gasteiger partial charge in [0.2, 0.25) is 0 Å². The molecule has 2 aliphatic heterocycles. The molecule has 0 bridgehead atoms. The Balaban J connectivity index is 1.78. The van der Waals surface area contributed by atoms with Crippen LogP contribution < -0.4 is 5.73 Å². The normalized spacial score (nSPS) is 29.4. The molecule has 0 spiro atoms. The highest BCUT2D eigenvalue weighted by Crippen LogP contribution is 2.29. The molecule has 21 heavy (non-hydrogen) atoms. The largest absolute Gasteiger partial charge is 0.371 e. The van der Waals surface area contributed by atoms with E-state index >= 15 is 0 Å². The van der Waals surface area contributed by atoms with Gasteiger partial charge in [-0.25, -0.2) is 0 Å². The van der Waals surface area contributed by atoms with E-state index in [0.29, 0.717) is 12.1 Å². The Bertz CT molecular complexity index is 308. The van der Waals surface area contributed by atoms with Crippen molar-refractivity contribution in [1.82, 2.24) is 9.80 Å². The minimum Gasteiger partial charge on any atom is -0.371 e. The van der Waals surface area contributed by atoms with Crippen LogP contribution >= 0.6 is 0 Å². The van der Waals surface area contributed by atoms with Crippen LogP contribution in [0.3, 0.4) is 0 Å². The molecular weight excluding hydrogens is 262 g/mol. The lowest BCUT2D eigenvalue weighted by Crippen LogP contribution is -2.40. The van der Waals surface area contributed by atoms with Crippen LogP contribution in [-0.2, 0) is 4.74 Å². The van der Waals surface area contributed by atoms with Gasteiger partial charge in [-0.2, -0.15) is 0 Å². The van der Waals surface area contributed by atoms with Crippen molar-refractivity contribution in [3.05, 3.63) is 0 Å². The molecule has 2 unspecified atom stereocenters. The van der Waals surface area contributed by atoms with Crippen LogP contribution in [0, 0.1) is 0 Å². The van der Waals surface area contributed by atoms with Crippen LogP contribution in [0.2, 0.25) is 0 Å². The highest BCUT2D eigenvalue weighted by molar-refractivity contribution is 4.84. The topological polar surface area (TPSA) is 41.7 Å². The van der Waals surface area contributed by atoms with Crippen LogP contribution in [-0.4, -0.2) is 66.8 Å². The van der Waals surface area contributed by atoms with Crippen molar-refractivity contribution in [3.63, 3.8) is 0 Å². The summed E-state index contributed by atoms with van der Waals surface area (Å²) in [6.45, 7) is 13.5. The lowest BCUT2D eigenvalue weighted by Gasteiger charge is -2.30. The number of hydrogen-bond acceptors (Lipinski definition) is 4. The Morgan fingerprint density at radius 1 is 1.24 bits per heavy atom. The van der Waals surface area contributed by atoms with Gasteiger partial charge >= 0.3 is 0 Å². The van der Waals surface area contributed by atoms with Gasteiger partial charge in [0.25, 0.3) is 0 Å². The van der Waals surface area contributed by atoms with E-state index in [1.807, 2.05) is 0 Å². The first-order valence-corrected chi connectivity index (χ1v) is 8.88. The smallest absolute Gasteiger partial charge is 0.0710 e. The molecule has 0 aromatic heterocycles. The van der Waals surface area contributed by atoms with E-state index in [4.69, 9.17) is 10.5 Å². The zero-order valence-electron chi connectivity index (χ0n) is 14.3. The molecule has 124 valence electrons. The van der Waals surface area contributed by atoms with E-state index in [-0.39, 0.29) is 5.60 Å². The van der Waals surface area contributed by atoms with Crippen molar-refractivity contribution >= 4 is 0 Å². The Morgan fingerprint density at radius 3 is 2.67 bits per heavy atom. The summed E-state index contributed by atoms with van der Waals surface area (Å²) in [7, 11) is 0. The first kappa shape index (κ1) is 17.2. The molecule has 2 fully saturated rings. The predicted molar refractivity (Wildman–Crippen MR) is 88.6 cm³/mol. The van der Waals surface area contributed by atoms with Gasteiger partial charge < -0.3 is 10.5 Å². The Morgan fingerprint density at radius 2 is 2.05 bits per heavy atom. The van der Waals surface area contributed by atoms with Gasteiger partial charge in [-0.15, -0.1) is 0 Å². The third-order valence-corrected chi connectivity index (χ3v) is 5.13. The molecule has 2 rings (SSSR count). The zero-order chi connectivity index (χ0) is 15.3. The van der Waals surface area contributed by atoms with Gasteiger partial charge in [0, 0.05) is 25.7 Å². The first-order chi connectivity index (χ1) is 10.0. The lowest BCUT2D eigenvalue weighted by atomic mass is 10.1. The summed E-state index contributed by atoms with van der Waals surface area (Å²) in [6, 6.07) is 0.677. The fraction of sp³-hybridized carbons (Fsp3) is 1.00. The molecule has 2 atom stereocenters. The SMILES string of the molecule is CCC(CCN)N1CCCN(CC2CCC(C)(C)O2)CC1. The standard InChI is InChI=1S/C17H35N3O/c1-4-15(7-9-18)20-11-5-10-19(12-13-20)14-16-6-8-17(2,3)21-16/h15-16H,4-14,18H2,1-3H3. The van der Waals surface area contributed by atoms with Crippen molar-refractivity contribution in [1.29, 1.82) is 0 Å². The van der Waals surface area contributed by atoms with Crippen LogP contribution in [0.5, 0.6) is 0 Å². The van der Waals surface area contributed by atoms with Gasteiger partial charge in [0.15, 0.2) is 0 Å². The second-order valence-corrected chi connectivity index (χ2v) is 7.37. The molecule has 0 aromatic carbocycles. The predicted octanol–water partition coefficient (Wildman–Crippen LogP) is 2.08. The van der Waals surface area contributed by atoms with Crippen LogP contribution in [0.25, 0.3) is 0 Å². The van der Waals surface area contributed by atoms with Gasteiger partial charge in [-0.05, 0) is 65.6 Å². The van der Waals surface area contributed by atoms with Crippen LogP contribution in [0.15, 0.2) is 0 Å². The van der Waals surface area contributed by atoms with Crippen molar-refractivity contribution in [2.75, 3.05) is 39.3 Å². The molecule has 0 aromatic rings. The quantitative estimate of drug-likeness (QED) is 0.815. The van der Waals surface area contributed by atoms with E-state index in [9.17, 15) is 0 Å². The molecule has 2 saturated heterocycles. The molecule has 0 aliphatic carbocycles. The second kappa shape index (κ2) is 7.91. The molecule has 2 aliphatic rings. The first-order valence-electron chi connectivity index (χ1n) is 8.88. The molecule has 0 saturated carbocycles. The van der Waals surface area contributed by atoms with Crippen molar-refractivity contribution in [2.45, 2.75) is 70.6 Å². The second-order valence-electron chi connectivity index (χ2n) is 7.37. The summed E-state index contributed by atoms with van der Waals surface area (Å²) >= 11 is 0. The third kappa shape index (κ3) is 5.20. The van der Waals surface area contributed by atoms with Crippen molar-refractivity contribution in [3.8, 4) is 0 Å². The number of nitrogens with two attached hydrogens (primary N) is 1. The summed E-state index contributed by atoms with van der Waals surface area (Å²) in [5, 5.41) is 0. The summed E-state index contributed by atoms with van der Waals surface area (Å²) in [5.41, 5.74) is 5.85. The van der Waals surface area contributed by atoms with E-state index in [1.54, 1.807) is 0 Å².